The number of hydrogen-bond acceptors (Lipinski definition) is 2. The van der Waals surface area contributed by atoms with Crippen LogP contribution in [0.2, 0.25) is 25.1 Å². The van der Waals surface area contributed by atoms with Gasteiger partial charge in [0.05, 0.1) is 25.1 Å². The summed E-state index contributed by atoms with van der Waals surface area (Å²) in [6, 6.07) is 11.0. The number of halogens is 5. The topological polar surface area (TPSA) is 26.3 Å². The summed E-state index contributed by atoms with van der Waals surface area (Å²) in [7, 11) is 0. The second-order valence-electron chi connectivity index (χ2n) is 3.67. The summed E-state index contributed by atoms with van der Waals surface area (Å²) in [5.74, 6) is 0. The Bertz CT molecular complexity index is 576. The van der Waals surface area contributed by atoms with Crippen molar-refractivity contribution in [2.24, 2.45) is 0 Å². The van der Waals surface area contributed by atoms with Crippen molar-refractivity contribution in [1.82, 2.24) is 0 Å². The van der Waals surface area contributed by atoms with Crippen LogP contribution in [-0.2, 0) is 16.1 Å². The van der Waals surface area contributed by atoms with Crippen LogP contribution < -0.4 is 0 Å². The van der Waals surface area contributed by atoms with E-state index < -0.39 is 0 Å². The molecule has 2 aromatic carbocycles. The standard InChI is InChI=1S/C8H8O2.C6HCl5/c9-7-10-6-8-4-2-1-3-5-8;7-2-1-3(8)5(10)6(11)4(2)9/h1-5,7H,6H2;1H. The van der Waals surface area contributed by atoms with E-state index >= 15 is 0 Å². The molecule has 0 unspecified atom stereocenters. The average molecular weight is 386 g/mol. The fraction of sp³-hybridized carbons (Fsp3) is 0.0714. The molecule has 7 heteroatoms. The monoisotopic (exact) mass is 384 g/mol. The van der Waals surface area contributed by atoms with Crippen molar-refractivity contribution < 1.29 is 9.53 Å². The smallest absolute Gasteiger partial charge is 0.293 e. The molecule has 0 heterocycles. The molecule has 0 saturated carbocycles. The number of carbonyl (C=O) groups excluding carboxylic acids is 1. The maximum Gasteiger partial charge on any atom is 0.293 e. The molecule has 2 rings (SSSR count). The minimum Gasteiger partial charge on any atom is -0.463 e. The predicted molar refractivity (Wildman–Crippen MR) is 88.8 cm³/mol. The predicted octanol–water partition coefficient (Wildman–Crippen LogP) is 6.31. The van der Waals surface area contributed by atoms with E-state index in [-0.39, 0.29) is 15.1 Å². The molecule has 0 bridgehead atoms. The lowest BCUT2D eigenvalue weighted by Gasteiger charge is -2.02. The van der Waals surface area contributed by atoms with Gasteiger partial charge in [0.15, 0.2) is 0 Å². The van der Waals surface area contributed by atoms with Crippen LogP contribution >= 0.6 is 58.0 Å². The van der Waals surface area contributed by atoms with Gasteiger partial charge in [0, 0.05) is 0 Å². The minimum atomic E-state index is 0.186. The highest BCUT2D eigenvalue weighted by Crippen LogP contribution is 2.40. The zero-order valence-corrected chi connectivity index (χ0v) is 14.2. The first-order valence-electron chi connectivity index (χ1n) is 5.55. The van der Waals surface area contributed by atoms with E-state index in [4.69, 9.17) is 58.0 Å². The third-order valence-corrected chi connectivity index (χ3v) is 4.37. The molecule has 0 N–H and O–H groups in total. The lowest BCUT2D eigenvalue weighted by Crippen LogP contribution is -1.88. The summed E-state index contributed by atoms with van der Waals surface area (Å²) in [6.07, 6.45) is 0. The Balaban J connectivity index is 0.000000211. The van der Waals surface area contributed by atoms with Crippen molar-refractivity contribution in [2.75, 3.05) is 0 Å². The molecule has 0 aromatic heterocycles. The van der Waals surface area contributed by atoms with Crippen LogP contribution in [0.4, 0.5) is 0 Å². The molecule has 0 aliphatic carbocycles. The van der Waals surface area contributed by atoms with Crippen LogP contribution in [-0.4, -0.2) is 6.47 Å². The third kappa shape index (κ3) is 5.93. The molecule has 0 saturated heterocycles. The quantitative estimate of drug-likeness (QED) is 0.351. The van der Waals surface area contributed by atoms with Gasteiger partial charge in [-0.25, -0.2) is 0 Å². The zero-order valence-electron chi connectivity index (χ0n) is 10.5. The molecule has 0 atom stereocenters. The highest BCUT2D eigenvalue weighted by molar-refractivity contribution is 6.54. The summed E-state index contributed by atoms with van der Waals surface area (Å²) < 4.78 is 4.54. The Kier molecular flexibility index (Phi) is 8.23. The molecule has 2 aromatic rings. The molecule has 2 nitrogen and oxygen atoms in total. The van der Waals surface area contributed by atoms with Crippen LogP contribution in [0.1, 0.15) is 5.56 Å². The van der Waals surface area contributed by atoms with E-state index in [1.165, 1.54) is 6.07 Å². The molecule has 0 amide bonds. The van der Waals surface area contributed by atoms with Crippen molar-refractivity contribution in [2.45, 2.75) is 6.61 Å². The molecule has 0 fully saturated rings. The second-order valence-corrected chi connectivity index (χ2v) is 5.62. The molecule has 112 valence electrons. The third-order valence-electron chi connectivity index (χ3n) is 2.22. The van der Waals surface area contributed by atoms with Gasteiger partial charge in [0.25, 0.3) is 6.47 Å². The summed E-state index contributed by atoms with van der Waals surface area (Å²) in [4.78, 5) is 9.76. The molecular formula is C14H9Cl5O2. The Morgan fingerprint density at radius 2 is 1.38 bits per heavy atom. The highest BCUT2D eigenvalue weighted by Gasteiger charge is 2.10. The first kappa shape index (κ1) is 18.4. The van der Waals surface area contributed by atoms with Crippen LogP contribution in [0.25, 0.3) is 0 Å². The maximum atomic E-state index is 9.76. The Labute approximate surface area is 147 Å². The fourth-order valence-corrected chi connectivity index (χ4v) is 2.36. The Morgan fingerprint density at radius 3 is 1.86 bits per heavy atom. The largest absolute Gasteiger partial charge is 0.463 e. The SMILES string of the molecule is Clc1cc(Cl)c(Cl)c(Cl)c1Cl.O=COCc1ccccc1. The van der Waals surface area contributed by atoms with Gasteiger partial charge < -0.3 is 4.74 Å². The van der Waals surface area contributed by atoms with Gasteiger partial charge in [-0.3, -0.25) is 4.79 Å². The van der Waals surface area contributed by atoms with Crippen LogP contribution in [0.15, 0.2) is 36.4 Å². The number of benzene rings is 2. The van der Waals surface area contributed by atoms with E-state index in [0.29, 0.717) is 23.1 Å². The molecular weight excluding hydrogens is 377 g/mol. The second kappa shape index (κ2) is 9.39. The van der Waals surface area contributed by atoms with E-state index in [1.807, 2.05) is 30.3 Å². The lowest BCUT2D eigenvalue weighted by atomic mass is 10.2. The summed E-state index contributed by atoms with van der Waals surface area (Å²) >= 11 is 28.2. The van der Waals surface area contributed by atoms with Gasteiger partial charge in [0.2, 0.25) is 0 Å². The maximum absolute atomic E-state index is 9.76. The fourth-order valence-electron chi connectivity index (χ4n) is 1.25. The van der Waals surface area contributed by atoms with Crippen LogP contribution in [0.3, 0.4) is 0 Å². The first-order chi connectivity index (χ1) is 9.97. The van der Waals surface area contributed by atoms with E-state index in [1.54, 1.807) is 0 Å². The van der Waals surface area contributed by atoms with Gasteiger partial charge >= 0.3 is 0 Å². The van der Waals surface area contributed by atoms with Crippen molar-refractivity contribution in [3.8, 4) is 0 Å². The van der Waals surface area contributed by atoms with Crippen molar-refractivity contribution in [3.05, 3.63) is 67.1 Å². The average Bonchev–Trinajstić information content (AvgIpc) is 2.50. The Hall–Kier alpha value is -0.640. The van der Waals surface area contributed by atoms with Gasteiger partial charge in [-0.05, 0) is 11.6 Å². The van der Waals surface area contributed by atoms with Crippen molar-refractivity contribution in [1.29, 1.82) is 0 Å². The van der Waals surface area contributed by atoms with Gasteiger partial charge in [-0.15, -0.1) is 0 Å². The van der Waals surface area contributed by atoms with Crippen molar-refractivity contribution >= 4 is 64.5 Å². The normalized spacial score (nSPS) is 9.57. The molecule has 0 spiro atoms. The van der Waals surface area contributed by atoms with E-state index in [9.17, 15) is 4.79 Å². The minimum absolute atomic E-state index is 0.186. The number of hydrogen-bond donors (Lipinski definition) is 0. The summed E-state index contributed by atoms with van der Waals surface area (Å²) in [5, 5.41) is 1.23. The number of ether oxygens (including phenoxy) is 1. The highest BCUT2D eigenvalue weighted by atomic mass is 35.5. The van der Waals surface area contributed by atoms with Crippen LogP contribution in [0.5, 0.6) is 0 Å². The first-order valence-corrected chi connectivity index (χ1v) is 7.44. The van der Waals surface area contributed by atoms with Gasteiger partial charge in [-0.1, -0.05) is 88.3 Å². The van der Waals surface area contributed by atoms with E-state index in [2.05, 4.69) is 4.74 Å². The Morgan fingerprint density at radius 1 is 0.857 bits per heavy atom. The lowest BCUT2D eigenvalue weighted by molar-refractivity contribution is -0.129. The van der Waals surface area contributed by atoms with E-state index in [0.717, 1.165) is 5.56 Å². The van der Waals surface area contributed by atoms with Crippen LogP contribution in [0, 0.1) is 0 Å². The molecule has 0 radical (unpaired) electrons. The van der Waals surface area contributed by atoms with Crippen molar-refractivity contribution in [3.63, 3.8) is 0 Å². The summed E-state index contributed by atoms with van der Waals surface area (Å²) in [6.45, 7) is 0.817. The zero-order chi connectivity index (χ0) is 15.8. The number of carbonyl (C=O) groups is 1. The molecule has 0 aliphatic rings. The molecule has 0 aliphatic heterocycles. The number of rotatable bonds is 3. The molecule has 21 heavy (non-hydrogen) atoms. The van der Waals surface area contributed by atoms with Gasteiger partial charge in [-0.2, -0.15) is 0 Å². The summed E-state index contributed by atoms with van der Waals surface area (Å²) in [5.41, 5.74) is 1.01. The van der Waals surface area contributed by atoms with Gasteiger partial charge in [0.1, 0.15) is 6.61 Å².